The van der Waals surface area contributed by atoms with E-state index in [1.807, 2.05) is 11.8 Å². The summed E-state index contributed by atoms with van der Waals surface area (Å²) in [4.78, 5) is 0. The van der Waals surface area contributed by atoms with E-state index in [2.05, 4.69) is 26.1 Å². The van der Waals surface area contributed by atoms with Crippen LogP contribution < -0.4 is 5.32 Å². The highest BCUT2D eigenvalue weighted by molar-refractivity contribution is 7.99. The highest BCUT2D eigenvalue weighted by Gasteiger charge is 2.15. The Bertz CT molecular complexity index is 140. The summed E-state index contributed by atoms with van der Waals surface area (Å²) in [6, 6.07) is 0. The smallest absolute Gasteiger partial charge is 0.0462 e. The fraction of sp³-hybridized carbons (Fsp3) is 1.00. The molecule has 0 aliphatic rings. The number of hydrogen-bond acceptors (Lipinski definition) is 3. The zero-order valence-corrected chi connectivity index (χ0v) is 11.6. The highest BCUT2D eigenvalue weighted by atomic mass is 32.2. The first-order chi connectivity index (χ1) is 7.12. The molecule has 0 saturated carbocycles. The second-order valence-corrected chi connectivity index (χ2v) is 5.85. The lowest BCUT2D eigenvalue weighted by Gasteiger charge is -2.26. The van der Waals surface area contributed by atoms with Crippen LogP contribution in [0.4, 0.5) is 0 Å². The van der Waals surface area contributed by atoms with E-state index in [0.29, 0.717) is 0 Å². The average molecular weight is 233 g/mol. The van der Waals surface area contributed by atoms with E-state index in [1.165, 1.54) is 24.3 Å². The topological polar surface area (TPSA) is 21.3 Å². The second kappa shape index (κ2) is 9.49. The fourth-order valence-corrected chi connectivity index (χ4v) is 2.13. The van der Waals surface area contributed by atoms with Crippen molar-refractivity contribution >= 4 is 11.8 Å². The van der Waals surface area contributed by atoms with Gasteiger partial charge in [-0.05, 0) is 51.2 Å². The van der Waals surface area contributed by atoms with E-state index in [4.69, 9.17) is 4.74 Å². The summed E-state index contributed by atoms with van der Waals surface area (Å²) in [5, 5.41) is 3.61. The van der Waals surface area contributed by atoms with Gasteiger partial charge in [0.15, 0.2) is 0 Å². The Labute approximate surface area is 99.5 Å². The van der Waals surface area contributed by atoms with Crippen molar-refractivity contribution in [2.24, 2.45) is 0 Å². The summed E-state index contributed by atoms with van der Waals surface area (Å²) in [6.07, 6.45) is 3.59. The molecule has 0 amide bonds. The van der Waals surface area contributed by atoms with E-state index in [-0.39, 0.29) is 5.54 Å². The zero-order chi connectivity index (χ0) is 11.6. The molecule has 0 bridgehead atoms. The first kappa shape index (κ1) is 15.3. The van der Waals surface area contributed by atoms with Crippen LogP contribution in [0, 0.1) is 0 Å². The molecular weight excluding hydrogens is 206 g/mol. The van der Waals surface area contributed by atoms with Crippen LogP contribution in [0.1, 0.15) is 40.0 Å². The van der Waals surface area contributed by atoms with Gasteiger partial charge in [0.05, 0.1) is 0 Å². The largest absolute Gasteiger partial charge is 0.385 e. The van der Waals surface area contributed by atoms with Gasteiger partial charge in [-0.25, -0.2) is 0 Å². The molecule has 0 fully saturated rings. The molecule has 2 nitrogen and oxygen atoms in total. The fourth-order valence-electron chi connectivity index (χ4n) is 1.49. The summed E-state index contributed by atoms with van der Waals surface area (Å²) < 4.78 is 5.06. The number of rotatable bonds is 10. The van der Waals surface area contributed by atoms with Gasteiger partial charge >= 0.3 is 0 Å². The van der Waals surface area contributed by atoms with E-state index in [0.717, 1.165) is 19.6 Å². The molecule has 0 aliphatic carbocycles. The van der Waals surface area contributed by atoms with Crippen LogP contribution >= 0.6 is 11.8 Å². The minimum atomic E-state index is 0.259. The molecule has 92 valence electrons. The van der Waals surface area contributed by atoms with Crippen LogP contribution in [0.3, 0.4) is 0 Å². The number of ether oxygens (including phenoxy) is 1. The van der Waals surface area contributed by atoms with Crippen molar-refractivity contribution < 1.29 is 4.74 Å². The molecule has 0 spiro atoms. The van der Waals surface area contributed by atoms with Crippen LogP contribution in [0.15, 0.2) is 0 Å². The van der Waals surface area contributed by atoms with Crippen LogP contribution in [0.5, 0.6) is 0 Å². The van der Waals surface area contributed by atoms with Gasteiger partial charge in [-0.15, -0.1) is 0 Å². The van der Waals surface area contributed by atoms with Crippen molar-refractivity contribution in [1.82, 2.24) is 5.32 Å². The van der Waals surface area contributed by atoms with Crippen molar-refractivity contribution in [1.29, 1.82) is 0 Å². The van der Waals surface area contributed by atoms with Gasteiger partial charge in [0.2, 0.25) is 0 Å². The average Bonchev–Trinajstić information content (AvgIpc) is 2.17. The molecule has 0 saturated heterocycles. The van der Waals surface area contributed by atoms with Gasteiger partial charge in [-0.1, -0.05) is 6.92 Å². The molecule has 0 heterocycles. The third-order valence-electron chi connectivity index (χ3n) is 2.42. The SMILES string of the molecule is CCSCCCNC(C)(C)CCCOC. The molecular formula is C12H27NOS. The molecule has 0 aromatic heterocycles. The molecule has 0 aromatic carbocycles. The molecule has 0 aromatic rings. The molecule has 1 N–H and O–H groups in total. The Morgan fingerprint density at radius 1 is 1.27 bits per heavy atom. The molecule has 0 unspecified atom stereocenters. The summed E-state index contributed by atoms with van der Waals surface area (Å²) in [7, 11) is 1.77. The summed E-state index contributed by atoms with van der Waals surface area (Å²) >= 11 is 2.02. The quantitative estimate of drug-likeness (QED) is 0.586. The van der Waals surface area contributed by atoms with Crippen molar-refractivity contribution in [2.45, 2.75) is 45.6 Å². The van der Waals surface area contributed by atoms with Gasteiger partial charge < -0.3 is 10.1 Å². The Balaban J connectivity index is 3.38. The second-order valence-electron chi connectivity index (χ2n) is 4.46. The number of hydrogen-bond donors (Lipinski definition) is 1. The van der Waals surface area contributed by atoms with Crippen molar-refractivity contribution in [3.63, 3.8) is 0 Å². The van der Waals surface area contributed by atoms with Crippen LogP contribution in [-0.4, -0.2) is 37.3 Å². The predicted molar refractivity (Wildman–Crippen MR) is 70.8 cm³/mol. The lowest BCUT2D eigenvalue weighted by Crippen LogP contribution is -2.40. The first-order valence-corrected chi connectivity index (χ1v) is 7.09. The van der Waals surface area contributed by atoms with Gasteiger partial charge in [0.1, 0.15) is 0 Å². The minimum Gasteiger partial charge on any atom is -0.385 e. The molecule has 0 radical (unpaired) electrons. The Morgan fingerprint density at radius 3 is 2.60 bits per heavy atom. The third kappa shape index (κ3) is 10.6. The maximum Gasteiger partial charge on any atom is 0.0462 e. The normalized spacial score (nSPS) is 12.0. The van der Waals surface area contributed by atoms with Crippen LogP contribution in [0.25, 0.3) is 0 Å². The van der Waals surface area contributed by atoms with E-state index >= 15 is 0 Å². The maximum absolute atomic E-state index is 5.06. The highest BCUT2D eigenvalue weighted by Crippen LogP contribution is 2.11. The van der Waals surface area contributed by atoms with Gasteiger partial charge in [-0.3, -0.25) is 0 Å². The molecule has 15 heavy (non-hydrogen) atoms. The van der Waals surface area contributed by atoms with Gasteiger partial charge in [0.25, 0.3) is 0 Å². The lowest BCUT2D eigenvalue weighted by molar-refractivity contribution is 0.181. The number of methoxy groups -OCH3 is 1. The molecule has 0 atom stereocenters. The van der Waals surface area contributed by atoms with Crippen molar-refractivity contribution in [2.75, 3.05) is 31.8 Å². The monoisotopic (exact) mass is 233 g/mol. The zero-order valence-electron chi connectivity index (χ0n) is 10.8. The minimum absolute atomic E-state index is 0.259. The molecule has 3 heteroatoms. The molecule has 0 aliphatic heterocycles. The predicted octanol–water partition coefficient (Wildman–Crippen LogP) is 2.92. The number of nitrogens with one attached hydrogen (secondary N) is 1. The van der Waals surface area contributed by atoms with Crippen LogP contribution in [-0.2, 0) is 4.74 Å². The van der Waals surface area contributed by atoms with Gasteiger partial charge in [-0.2, -0.15) is 11.8 Å². The summed E-state index contributed by atoms with van der Waals surface area (Å²) in [5.41, 5.74) is 0.259. The first-order valence-electron chi connectivity index (χ1n) is 5.94. The van der Waals surface area contributed by atoms with E-state index in [1.54, 1.807) is 7.11 Å². The van der Waals surface area contributed by atoms with Crippen LogP contribution in [0.2, 0.25) is 0 Å². The third-order valence-corrected chi connectivity index (χ3v) is 3.41. The number of thioether (sulfide) groups is 1. The lowest BCUT2D eigenvalue weighted by atomic mass is 9.98. The van der Waals surface area contributed by atoms with Crippen molar-refractivity contribution in [3.05, 3.63) is 0 Å². The Morgan fingerprint density at radius 2 is 2.00 bits per heavy atom. The van der Waals surface area contributed by atoms with Gasteiger partial charge in [0, 0.05) is 19.3 Å². The standard InChI is InChI=1S/C12H27NOS/c1-5-15-11-7-9-13-12(2,3)8-6-10-14-4/h13H,5-11H2,1-4H3. The van der Waals surface area contributed by atoms with E-state index in [9.17, 15) is 0 Å². The summed E-state index contributed by atoms with van der Waals surface area (Å²) in [5.74, 6) is 2.51. The molecule has 0 rings (SSSR count). The maximum atomic E-state index is 5.06. The Hall–Kier alpha value is 0.270. The van der Waals surface area contributed by atoms with Crippen molar-refractivity contribution in [3.8, 4) is 0 Å². The van der Waals surface area contributed by atoms with E-state index < -0.39 is 0 Å². The summed E-state index contributed by atoms with van der Waals surface area (Å²) in [6.45, 7) is 8.77. The Kier molecular flexibility index (Phi) is 9.66.